The van der Waals surface area contributed by atoms with Gasteiger partial charge in [0.2, 0.25) is 0 Å². The van der Waals surface area contributed by atoms with Crippen molar-refractivity contribution in [3.8, 4) is 11.5 Å². The highest BCUT2D eigenvalue weighted by atomic mass is 32.1. The molecule has 1 aromatic heterocycles. The van der Waals surface area contributed by atoms with E-state index in [1.54, 1.807) is 25.6 Å². The van der Waals surface area contributed by atoms with Crippen LogP contribution in [0.3, 0.4) is 0 Å². The zero-order valence-electron chi connectivity index (χ0n) is 14.7. The van der Waals surface area contributed by atoms with Crippen molar-refractivity contribution < 1.29 is 14.3 Å². The number of hydrogen-bond donors (Lipinski definition) is 0. The zero-order valence-corrected chi connectivity index (χ0v) is 15.5. The van der Waals surface area contributed by atoms with E-state index in [9.17, 15) is 4.79 Å². The molecule has 0 spiro atoms. The van der Waals surface area contributed by atoms with Gasteiger partial charge in [-0.2, -0.15) is 0 Å². The molecule has 1 aromatic carbocycles. The average molecular weight is 357 g/mol. The third kappa shape index (κ3) is 2.91. The van der Waals surface area contributed by atoms with Gasteiger partial charge in [-0.25, -0.2) is 0 Å². The van der Waals surface area contributed by atoms with Gasteiger partial charge >= 0.3 is 0 Å². The van der Waals surface area contributed by atoms with E-state index in [0.717, 1.165) is 54.2 Å². The molecule has 2 heterocycles. The molecule has 5 heteroatoms. The molecule has 25 heavy (non-hydrogen) atoms. The van der Waals surface area contributed by atoms with Crippen molar-refractivity contribution in [2.75, 3.05) is 20.8 Å². The third-order valence-corrected chi connectivity index (χ3v) is 6.50. The number of thiophene rings is 1. The lowest BCUT2D eigenvalue weighted by Gasteiger charge is -2.26. The number of amides is 1. The lowest BCUT2D eigenvalue weighted by atomic mass is 10.0. The minimum Gasteiger partial charge on any atom is -0.497 e. The van der Waals surface area contributed by atoms with Crippen molar-refractivity contribution in [3.05, 3.63) is 45.1 Å². The predicted molar refractivity (Wildman–Crippen MR) is 98.9 cm³/mol. The highest BCUT2D eigenvalue weighted by molar-refractivity contribution is 7.14. The van der Waals surface area contributed by atoms with E-state index in [0.29, 0.717) is 0 Å². The number of methoxy groups -OCH3 is 2. The summed E-state index contributed by atoms with van der Waals surface area (Å²) in [6, 6.07) is 8.07. The number of rotatable bonds is 4. The largest absolute Gasteiger partial charge is 0.497 e. The second-order valence-electron chi connectivity index (χ2n) is 6.68. The zero-order chi connectivity index (χ0) is 17.4. The van der Waals surface area contributed by atoms with E-state index in [-0.39, 0.29) is 11.9 Å². The number of likely N-dealkylation sites (tertiary alicyclic amines) is 1. The second-order valence-corrected chi connectivity index (χ2v) is 7.81. The molecule has 0 N–H and O–H groups in total. The first kappa shape index (κ1) is 16.5. The van der Waals surface area contributed by atoms with Crippen molar-refractivity contribution in [1.29, 1.82) is 0 Å². The van der Waals surface area contributed by atoms with Crippen LogP contribution in [-0.4, -0.2) is 31.6 Å². The Morgan fingerprint density at radius 3 is 2.80 bits per heavy atom. The summed E-state index contributed by atoms with van der Waals surface area (Å²) in [5, 5.41) is 0. The molecule has 1 amide bonds. The van der Waals surface area contributed by atoms with E-state index in [2.05, 4.69) is 6.07 Å². The van der Waals surface area contributed by atoms with Crippen LogP contribution >= 0.6 is 11.3 Å². The van der Waals surface area contributed by atoms with Gasteiger partial charge in [0.05, 0.1) is 25.1 Å². The predicted octanol–water partition coefficient (Wildman–Crippen LogP) is 4.23. The summed E-state index contributed by atoms with van der Waals surface area (Å²) in [6.45, 7) is 0.807. The summed E-state index contributed by atoms with van der Waals surface area (Å²) in [6.07, 6.45) is 5.47. The maximum Gasteiger partial charge on any atom is 0.264 e. The minimum atomic E-state index is 0.0743. The van der Waals surface area contributed by atoms with Crippen molar-refractivity contribution in [2.24, 2.45) is 0 Å². The quantitative estimate of drug-likeness (QED) is 0.822. The average Bonchev–Trinajstić information content (AvgIpc) is 3.35. The van der Waals surface area contributed by atoms with Crippen LogP contribution in [0.1, 0.15) is 51.0 Å². The lowest BCUT2D eigenvalue weighted by Crippen LogP contribution is -2.30. The van der Waals surface area contributed by atoms with Crippen LogP contribution in [0.4, 0.5) is 0 Å². The molecule has 1 fully saturated rings. The van der Waals surface area contributed by atoms with Crippen LogP contribution in [0, 0.1) is 0 Å². The first-order valence-electron chi connectivity index (χ1n) is 8.85. The fraction of sp³-hybridized carbons (Fsp3) is 0.450. The van der Waals surface area contributed by atoms with Gasteiger partial charge in [-0.1, -0.05) is 0 Å². The van der Waals surface area contributed by atoms with Gasteiger partial charge in [0.1, 0.15) is 11.5 Å². The summed E-state index contributed by atoms with van der Waals surface area (Å²) in [4.78, 5) is 17.4. The number of aryl methyl sites for hydroxylation is 2. The summed E-state index contributed by atoms with van der Waals surface area (Å²) in [5.41, 5.74) is 2.45. The molecule has 4 rings (SSSR count). The van der Waals surface area contributed by atoms with E-state index in [1.165, 1.54) is 16.9 Å². The Labute approximate surface area is 152 Å². The molecule has 1 atom stereocenters. The van der Waals surface area contributed by atoms with Crippen LogP contribution in [0.15, 0.2) is 24.3 Å². The number of hydrogen-bond acceptors (Lipinski definition) is 4. The Balaban J connectivity index is 1.63. The second kappa shape index (κ2) is 6.71. The lowest BCUT2D eigenvalue weighted by molar-refractivity contribution is 0.0739. The molecule has 1 aliphatic heterocycles. The maximum absolute atomic E-state index is 13.1. The maximum atomic E-state index is 13.1. The van der Waals surface area contributed by atoms with Gasteiger partial charge in [0.25, 0.3) is 5.91 Å². The van der Waals surface area contributed by atoms with Crippen LogP contribution in [-0.2, 0) is 12.8 Å². The molecule has 132 valence electrons. The van der Waals surface area contributed by atoms with Crippen LogP contribution in [0.25, 0.3) is 0 Å². The van der Waals surface area contributed by atoms with Crippen molar-refractivity contribution in [1.82, 2.24) is 4.90 Å². The topological polar surface area (TPSA) is 38.8 Å². The van der Waals surface area contributed by atoms with E-state index in [4.69, 9.17) is 9.47 Å². The number of carbonyl (C=O) groups is 1. The Morgan fingerprint density at radius 1 is 1.16 bits per heavy atom. The Morgan fingerprint density at radius 2 is 2.04 bits per heavy atom. The van der Waals surface area contributed by atoms with Crippen molar-refractivity contribution in [2.45, 2.75) is 38.1 Å². The van der Waals surface area contributed by atoms with Gasteiger partial charge in [-0.05, 0) is 55.9 Å². The van der Waals surface area contributed by atoms with Gasteiger partial charge in [-0.15, -0.1) is 11.3 Å². The Kier molecular flexibility index (Phi) is 4.42. The molecule has 2 aromatic rings. The van der Waals surface area contributed by atoms with E-state index in [1.807, 2.05) is 23.1 Å². The number of fused-ring (bicyclic) bond motifs is 1. The van der Waals surface area contributed by atoms with Crippen molar-refractivity contribution in [3.63, 3.8) is 0 Å². The van der Waals surface area contributed by atoms with Crippen molar-refractivity contribution >= 4 is 17.2 Å². The number of ether oxygens (including phenoxy) is 2. The highest BCUT2D eigenvalue weighted by Crippen LogP contribution is 2.40. The van der Waals surface area contributed by atoms with Gasteiger partial charge in [-0.3, -0.25) is 4.79 Å². The smallest absolute Gasteiger partial charge is 0.264 e. The molecule has 1 aliphatic carbocycles. The number of benzene rings is 1. The van der Waals surface area contributed by atoms with Crippen LogP contribution in [0.2, 0.25) is 0 Å². The summed E-state index contributed by atoms with van der Waals surface area (Å²) in [5.74, 6) is 1.73. The summed E-state index contributed by atoms with van der Waals surface area (Å²) < 4.78 is 10.9. The van der Waals surface area contributed by atoms with Gasteiger partial charge in [0.15, 0.2) is 0 Å². The molecule has 0 unspecified atom stereocenters. The fourth-order valence-electron chi connectivity index (χ4n) is 4.00. The minimum absolute atomic E-state index is 0.0743. The molecule has 0 radical (unpaired) electrons. The number of nitrogens with zero attached hydrogens (tertiary/aromatic N) is 1. The molecule has 1 saturated heterocycles. The van der Waals surface area contributed by atoms with Gasteiger partial charge < -0.3 is 14.4 Å². The first-order valence-corrected chi connectivity index (χ1v) is 9.67. The Hall–Kier alpha value is -2.01. The normalized spacial score (nSPS) is 19.1. The number of carbonyl (C=O) groups excluding carboxylic acids is 1. The first-order chi connectivity index (χ1) is 12.2. The third-order valence-electron chi connectivity index (χ3n) is 5.27. The summed E-state index contributed by atoms with van der Waals surface area (Å²) >= 11 is 1.69. The monoisotopic (exact) mass is 357 g/mol. The van der Waals surface area contributed by atoms with Gasteiger partial charge in [0, 0.05) is 23.1 Å². The fourth-order valence-corrected chi connectivity index (χ4v) is 5.21. The molecule has 4 nitrogen and oxygen atoms in total. The molecular weight excluding hydrogens is 334 g/mol. The standard InChI is InChI=1S/C20H23NO3S/c1-23-14-8-9-15(17(12-14)24-2)16-6-4-10-21(16)20(22)19-11-13-5-3-7-18(13)25-19/h8-9,11-12,16H,3-7,10H2,1-2H3/t16-/m1/s1. The Bertz CT molecular complexity index is 777. The molecular formula is C20H23NO3S. The highest BCUT2D eigenvalue weighted by Gasteiger charge is 2.33. The SMILES string of the molecule is COc1ccc([C@H]2CCCN2C(=O)c2cc3c(s2)CCC3)c(OC)c1. The van der Waals surface area contributed by atoms with E-state index >= 15 is 0 Å². The van der Waals surface area contributed by atoms with Crippen LogP contribution in [0.5, 0.6) is 11.5 Å². The molecule has 2 aliphatic rings. The molecule has 0 saturated carbocycles. The van der Waals surface area contributed by atoms with Crippen LogP contribution < -0.4 is 9.47 Å². The van der Waals surface area contributed by atoms with E-state index < -0.39 is 0 Å². The summed E-state index contributed by atoms with van der Waals surface area (Å²) in [7, 11) is 3.32. The molecule has 0 bridgehead atoms.